The third-order valence-corrected chi connectivity index (χ3v) is 8.63. The van der Waals surface area contributed by atoms with Crippen LogP contribution in [0, 0.1) is 5.92 Å². The first-order chi connectivity index (χ1) is 14.8. The molecule has 1 aromatic carbocycles. The van der Waals surface area contributed by atoms with E-state index in [2.05, 4.69) is 13.8 Å². The molecular weight excluding hydrogens is 434 g/mol. The highest BCUT2D eigenvalue weighted by Crippen LogP contribution is 2.32. The Morgan fingerprint density at radius 2 is 1.81 bits per heavy atom. The number of hydrogen-bond donors (Lipinski definition) is 1. The fourth-order valence-electron chi connectivity index (χ4n) is 3.31. The molecule has 1 aromatic heterocycles. The van der Waals surface area contributed by atoms with E-state index in [9.17, 15) is 18.3 Å². The fraction of sp³-hybridized carbons (Fsp3) is 0.435. The average molecular weight is 464 g/mol. The van der Waals surface area contributed by atoms with E-state index in [1.165, 1.54) is 10.4 Å². The number of hydrogen-bond acceptors (Lipinski definition) is 5. The molecule has 0 unspecified atom stereocenters. The summed E-state index contributed by atoms with van der Waals surface area (Å²) < 4.78 is 33.1. The highest BCUT2D eigenvalue weighted by atomic mass is 32.2. The number of benzene rings is 1. The van der Waals surface area contributed by atoms with Gasteiger partial charge in [-0.2, -0.15) is 4.31 Å². The van der Waals surface area contributed by atoms with Crippen molar-refractivity contribution >= 4 is 39.0 Å². The zero-order chi connectivity index (χ0) is 22.4. The lowest BCUT2D eigenvalue weighted by molar-refractivity contribution is -0.130. The van der Waals surface area contributed by atoms with Crippen LogP contribution in [0.5, 0.6) is 5.75 Å². The Morgan fingerprint density at radius 1 is 1.13 bits per heavy atom. The van der Waals surface area contributed by atoms with Crippen LogP contribution in [0.1, 0.15) is 50.0 Å². The minimum Gasteiger partial charge on any atom is -0.494 e. The number of nitrogens with zero attached hydrogens (tertiary/aromatic N) is 1. The largest absolute Gasteiger partial charge is 0.494 e. The molecule has 0 radical (unpaired) electrons. The SMILES string of the molecule is CC(C)CCOc1ccc(/C=C(/C(=O)O)c2ccc(S(=O)(=O)N3CCCCC3)s2)cc1. The summed E-state index contributed by atoms with van der Waals surface area (Å²) in [5.74, 6) is 0.205. The van der Waals surface area contributed by atoms with Crippen molar-refractivity contribution in [3.05, 3.63) is 46.8 Å². The molecule has 1 N–H and O–H groups in total. The van der Waals surface area contributed by atoms with Crippen molar-refractivity contribution in [2.45, 2.75) is 43.7 Å². The predicted molar refractivity (Wildman–Crippen MR) is 124 cm³/mol. The molecule has 0 spiro atoms. The molecule has 168 valence electrons. The van der Waals surface area contributed by atoms with E-state index in [1.54, 1.807) is 24.3 Å². The molecule has 0 atom stereocenters. The van der Waals surface area contributed by atoms with Crippen LogP contribution < -0.4 is 4.74 Å². The smallest absolute Gasteiger partial charge is 0.337 e. The summed E-state index contributed by atoms with van der Waals surface area (Å²) >= 11 is 1.00. The van der Waals surface area contributed by atoms with Gasteiger partial charge in [-0.1, -0.05) is 32.4 Å². The molecule has 1 fully saturated rings. The molecule has 3 rings (SSSR count). The maximum absolute atomic E-state index is 12.9. The van der Waals surface area contributed by atoms with Gasteiger partial charge in [0.2, 0.25) is 0 Å². The second-order valence-electron chi connectivity index (χ2n) is 8.05. The molecule has 0 saturated carbocycles. The van der Waals surface area contributed by atoms with E-state index in [4.69, 9.17) is 4.74 Å². The second kappa shape index (κ2) is 10.4. The summed E-state index contributed by atoms with van der Waals surface area (Å²) in [6.07, 6.45) is 5.27. The van der Waals surface area contributed by atoms with Crippen LogP contribution in [0.25, 0.3) is 11.6 Å². The van der Waals surface area contributed by atoms with Gasteiger partial charge >= 0.3 is 5.97 Å². The summed E-state index contributed by atoms with van der Waals surface area (Å²) in [4.78, 5) is 12.3. The van der Waals surface area contributed by atoms with E-state index in [0.29, 0.717) is 36.1 Å². The van der Waals surface area contributed by atoms with Gasteiger partial charge in [0, 0.05) is 18.0 Å². The maximum Gasteiger partial charge on any atom is 0.337 e. The van der Waals surface area contributed by atoms with Crippen molar-refractivity contribution in [1.82, 2.24) is 4.31 Å². The molecule has 6 nitrogen and oxygen atoms in total. The van der Waals surface area contributed by atoms with Crippen LogP contribution in [0.15, 0.2) is 40.6 Å². The Bertz CT molecular complexity index is 1020. The van der Waals surface area contributed by atoms with E-state index < -0.39 is 16.0 Å². The van der Waals surface area contributed by atoms with E-state index >= 15 is 0 Å². The highest BCUT2D eigenvalue weighted by molar-refractivity contribution is 7.91. The molecule has 2 aromatic rings. The molecule has 31 heavy (non-hydrogen) atoms. The molecule has 1 aliphatic rings. The van der Waals surface area contributed by atoms with Gasteiger partial charge in [0.1, 0.15) is 9.96 Å². The summed E-state index contributed by atoms with van der Waals surface area (Å²) in [6, 6.07) is 10.3. The molecule has 0 bridgehead atoms. The molecule has 1 aliphatic heterocycles. The van der Waals surface area contributed by atoms with E-state index in [-0.39, 0.29) is 9.78 Å². The highest BCUT2D eigenvalue weighted by Gasteiger charge is 2.28. The number of rotatable bonds is 9. The molecule has 0 aliphatic carbocycles. The van der Waals surface area contributed by atoms with Gasteiger partial charge < -0.3 is 9.84 Å². The van der Waals surface area contributed by atoms with Gasteiger partial charge in [-0.25, -0.2) is 13.2 Å². The monoisotopic (exact) mass is 463 g/mol. The van der Waals surface area contributed by atoms with Crippen LogP contribution >= 0.6 is 11.3 Å². The minimum absolute atomic E-state index is 0.0681. The summed E-state index contributed by atoms with van der Waals surface area (Å²) in [5.41, 5.74) is 0.779. The number of sulfonamides is 1. The lowest BCUT2D eigenvalue weighted by Gasteiger charge is -2.25. The average Bonchev–Trinajstić information content (AvgIpc) is 3.24. The van der Waals surface area contributed by atoms with Crippen molar-refractivity contribution in [1.29, 1.82) is 0 Å². The van der Waals surface area contributed by atoms with Crippen molar-refractivity contribution in [2.24, 2.45) is 5.92 Å². The lowest BCUT2D eigenvalue weighted by Crippen LogP contribution is -2.35. The summed E-state index contributed by atoms with van der Waals surface area (Å²) in [5, 5.41) is 9.73. The van der Waals surface area contributed by atoms with Crippen molar-refractivity contribution < 1.29 is 23.1 Å². The van der Waals surface area contributed by atoms with Gasteiger partial charge in [-0.05, 0) is 61.1 Å². The van der Waals surface area contributed by atoms with Crippen molar-refractivity contribution in [2.75, 3.05) is 19.7 Å². The minimum atomic E-state index is -3.58. The zero-order valence-electron chi connectivity index (χ0n) is 17.9. The third kappa shape index (κ3) is 6.18. The number of carboxylic acid groups (broad SMARTS) is 1. The zero-order valence-corrected chi connectivity index (χ0v) is 19.5. The quantitative estimate of drug-likeness (QED) is 0.531. The number of ether oxygens (including phenoxy) is 1. The van der Waals surface area contributed by atoms with E-state index in [0.717, 1.165) is 42.8 Å². The Hall–Kier alpha value is -2.16. The van der Waals surface area contributed by atoms with Gasteiger partial charge in [0.05, 0.1) is 12.2 Å². The van der Waals surface area contributed by atoms with Gasteiger partial charge in [0.15, 0.2) is 0 Å². The third-order valence-electron chi connectivity index (χ3n) is 5.14. The lowest BCUT2D eigenvalue weighted by atomic mass is 10.1. The standard InChI is InChI=1S/C23H29NO5S2/c1-17(2)12-15-29-19-8-6-18(7-9-19)16-20(23(25)26)21-10-11-22(30-21)31(27,28)24-13-4-3-5-14-24/h6-11,16-17H,3-5,12-15H2,1-2H3,(H,25,26)/b20-16+. The molecule has 8 heteroatoms. The number of aliphatic carboxylic acids is 1. The molecule has 1 saturated heterocycles. The Kier molecular flexibility index (Phi) is 7.91. The molecule has 0 amide bonds. The van der Waals surface area contributed by atoms with Crippen LogP contribution in [0.4, 0.5) is 0 Å². The van der Waals surface area contributed by atoms with Gasteiger partial charge in [0.25, 0.3) is 10.0 Å². The molecular formula is C23H29NO5S2. The summed E-state index contributed by atoms with van der Waals surface area (Å²) in [6.45, 7) is 5.94. The predicted octanol–water partition coefficient (Wildman–Crippen LogP) is 4.97. The number of carbonyl (C=O) groups is 1. The summed E-state index contributed by atoms with van der Waals surface area (Å²) in [7, 11) is -3.58. The number of piperidine rings is 1. The number of thiophene rings is 1. The van der Waals surface area contributed by atoms with Crippen LogP contribution in [0.3, 0.4) is 0 Å². The van der Waals surface area contributed by atoms with Crippen molar-refractivity contribution in [3.63, 3.8) is 0 Å². The Balaban J connectivity index is 1.78. The van der Waals surface area contributed by atoms with E-state index in [1.807, 2.05) is 12.1 Å². The van der Waals surface area contributed by atoms with Crippen molar-refractivity contribution in [3.8, 4) is 5.75 Å². The second-order valence-corrected chi connectivity index (χ2v) is 11.3. The topological polar surface area (TPSA) is 83.9 Å². The Morgan fingerprint density at radius 3 is 2.42 bits per heavy atom. The first kappa shape index (κ1) is 23.5. The first-order valence-electron chi connectivity index (χ1n) is 10.6. The van der Waals surface area contributed by atoms with Crippen LogP contribution in [-0.2, 0) is 14.8 Å². The normalized spacial score (nSPS) is 15.9. The molecule has 2 heterocycles. The Labute approximate surface area is 188 Å². The van der Waals surface area contributed by atoms with Gasteiger partial charge in [-0.15, -0.1) is 11.3 Å². The van der Waals surface area contributed by atoms with Gasteiger partial charge in [-0.3, -0.25) is 0 Å². The fourth-order valence-corrected chi connectivity index (χ4v) is 6.30. The van der Waals surface area contributed by atoms with Crippen LogP contribution in [-0.4, -0.2) is 43.5 Å². The van der Waals surface area contributed by atoms with Crippen LogP contribution in [0.2, 0.25) is 0 Å². The number of carboxylic acids is 1. The first-order valence-corrected chi connectivity index (χ1v) is 12.8. The maximum atomic E-state index is 12.9.